The van der Waals surface area contributed by atoms with Gasteiger partial charge in [0.2, 0.25) is 0 Å². The van der Waals surface area contributed by atoms with E-state index in [-0.39, 0.29) is 18.4 Å². The molecule has 23 heavy (non-hydrogen) atoms. The summed E-state index contributed by atoms with van der Waals surface area (Å²) in [4.78, 5) is 34.3. The quantitative estimate of drug-likeness (QED) is 0.386. The van der Waals surface area contributed by atoms with Gasteiger partial charge in [-0.1, -0.05) is 6.07 Å². The summed E-state index contributed by atoms with van der Waals surface area (Å²) in [6.07, 6.45) is -1.04. The van der Waals surface area contributed by atoms with Crippen molar-refractivity contribution in [1.29, 1.82) is 0 Å². The molecule has 0 aliphatic heterocycles. The smallest absolute Gasteiger partial charge is 0.335 e. The molecular formula is C13H18N2O8. The standard InChI is InChI=1S/C9H12N2O2.C4H6O6/c1-13-9(12)5-8(10)7-3-2-4-11-6-7;5-1(3(7)8)2(6)4(9)10/h2-4,6,8H,5,10H2,1H3;1-2,5-6H,(H,7,8)(H,9,10)/t8-;/m0./s1. The minimum atomic E-state index is -2.27. The molecule has 10 nitrogen and oxygen atoms in total. The summed E-state index contributed by atoms with van der Waals surface area (Å²) in [6.45, 7) is 0. The molecule has 0 aliphatic carbocycles. The number of aliphatic hydroxyl groups is 2. The van der Waals surface area contributed by atoms with E-state index in [1.807, 2.05) is 6.07 Å². The lowest BCUT2D eigenvalue weighted by Gasteiger charge is -2.08. The van der Waals surface area contributed by atoms with Crippen molar-refractivity contribution in [3.8, 4) is 0 Å². The van der Waals surface area contributed by atoms with Crippen molar-refractivity contribution in [3.05, 3.63) is 30.1 Å². The fourth-order valence-electron chi connectivity index (χ4n) is 1.25. The Kier molecular flexibility index (Phi) is 9.08. The molecule has 128 valence electrons. The summed E-state index contributed by atoms with van der Waals surface area (Å²) in [5.74, 6) is -3.85. The van der Waals surface area contributed by atoms with E-state index in [1.54, 1.807) is 18.5 Å². The van der Waals surface area contributed by atoms with Crippen LogP contribution >= 0.6 is 0 Å². The van der Waals surface area contributed by atoms with Crippen molar-refractivity contribution in [2.45, 2.75) is 24.7 Å². The summed E-state index contributed by atoms with van der Waals surface area (Å²) in [6, 6.07) is 3.29. The number of nitrogens with two attached hydrogens (primary N) is 1. The van der Waals surface area contributed by atoms with Gasteiger partial charge in [0.25, 0.3) is 0 Å². The van der Waals surface area contributed by atoms with Gasteiger partial charge in [0, 0.05) is 18.4 Å². The third-order valence-corrected chi connectivity index (χ3v) is 2.53. The predicted octanol–water partition coefficient (Wildman–Crippen LogP) is -1.48. The molecule has 0 aromatic carbocycles. The van der Waals surface area contributed by atoms with E-state index in [4.69, 9.17) is 26.2 Å². The Hall–Kier alpha value is -2.56. The second kappa shape index (κ2) is 10.2. The highest BCUT2D eigenvalue weighted by Crippen LogP contribution is 2.12. The van der Waals surface area contributed by atoms with E-state index in [1.165, 1.54) is 7.11 Å². The maximum atomic E-state index is 10.9. The van der Waals surface area contributed by atoms with E-state index >= 15 is 0 Å². The Balaban J connectivity index is 0.000000438. The molecule has 1 aromatic heterocycles. The third-order valence-electron chi connectivity index (χ3n) is 2.53. The predicted molar refractivity (Wildman–Crippen MR) is 75.1 cm³/mol. The third kappa shape index (κ3) is 7.85. The van der Waals surface area contributed by atoms with Crippen LogP contribution in [-0.2, 0) is 19.1 Å². The number of carboxylic acids is 2. The molecule has 0 bridgehead atoms. The Morgan fingerprint density at radius 1 is 1.22 bits per heavy atom. The van der Waals surface area contributed by atoms with E-state index in [9.17, 15) is 14.4 Å². The van der Waals surface area contributed by atoms with Crippen LogP contribution in [0.2, 0.25) is 0 Å². The van der Waals surface area contributed by atoms with Crippen LogP contribution in [0.4, 0.5) is 0 Å². The number of rotatable bonds is 6. The summed E-state index contributed by atoms with van der Waals surface area (Å²) >= 11 is 0. The summed E-state index contributed by atoms with van der Waals surface area (Å²) < 4.78 is 4.50. The maximum Gasteiger partial charge on any atom is 0.335 e. The van der Waals surface area contributed by atoms with Gasteiger partial charge in [-0.15, -0.1) is 0 Å². The summed E-state index contributed by atoms with van der Waals surface area (Å²) in [5.41, 5.74) is 6.57. The molecule has 0 amide bonds. The molecule has 1 aromatic rings. The van der Waals surface area contributed by atoms with Crippen molar-refractivity contribution in [3.63, 3.8) is 0 Å². The number of nitrogens with zero attached hydrogens (tertiary/aromatic N) is 1. The fourth-order valence-corrected chi connectivity index (χ4v) is 1.25. The van der Waals surface area contributed by atoms with Crippen LogP contribution in [0.25, 0.3) is 0 Å². The molecule has 3 atom stereocenters. The fraction of sp³-hybridized carbons (Fsp3) is 0.385. The van der Waals surface area contributed by atoms with Crippen LogP contribution < -0.4 is 5.73 Å². The number of esters is 1. The summed E-state index contributed by atoms with van der Waals surface area (Å²) in [7, 11) is 1.35. The average Bonchev–Trinajstić information content (AvgIpc) is 2.54. The number of ether oxygens (including phenoxy) is 1. The Bertz CT molecular complexity index is 504. The first-order valence-electron chi connectivity index (χ1n) is 6.24. The van der Waals surface area contributed by atoms with Gasteiger partial charge in [-0.05, 0) is 11.6 Å². The van der Waals surface area contributed by atoms with Crippen molar-refractivity contribution < 1.29 is 39.5 Å². The monoisotopic (exact) mass is 330 g/mol. The largest absolute Gasteiger partial charge is 0.479 e. The Labute approximate surface area is 131 Å². The van der Waals surface area contributed by atoms with Gasteiger partial charge in [0.1, 0.15) is 0 Å². The van der Waals surface area contributed by atoms with Crippen LogP contribution in [0.5, 0.6) is 0 Å². The normalized spacial score (nSPS) is 13.7. The highest BCUT2D eigenvalue weighted by molar-refractivity contribution is 5.83. The van der Waals surface area contributed by atoms with Gasteiger partial charge in [-0.3, -0.25) is 9.78 Å². The van der Waals surface area contributed by atoms with Gasteiger partial charge >= 0.3 is 17.9 Å². The summed E-state index contributed by atoms with van der Waals surface area (Å²) in [5, 5.41) is 32.5. The zero-order valence-electron chi connectivity index (χ0n) is 12.2. The number of aromatic nitrogens is 1. The SMILES string of the molecule is COC(=O)C[C@H](N)c1cccnc1.O=C(O)C(O)C(O)C(=O)O. The first-order valence-corrected chi connectivity index (χ1v) is 6.24. The molecule has 10 heteroatoms. The molecule has 2 unspecified atom stereocenters. The number of carbonyl (C=O) groups excluding carboxylic acids is 1. The number of hydrogen-bond donors (Lipinski definition) is 5. The van der Waals surface area contributed by atoms with Gasteiger partial charge in [-0.25, -0.2) is 9.59 Å². The topological polar surface area (TPSA) is 180 Å². The maximum absolute atomic E-state index is 10.9. The number of aliphatic hydroxyl groups excluding tert-OH is 2. The van der Waals surface area contributed by atoms with Crippen LogP contribution in [0.3, 0.4) is 0 Å². The van der Waals surface area contributed by atoms with Crippen molar-refractivity contribution in [2.24, 2.45) is 5.73 Å². The highest BCUT2D eigenvalue weighted by Gasteiger charge is 2.29. The number of carboxylic acid groups (broad SMARTS) is 2. The van der Waals surface area contributed by atoms with Crippen LogP contribution in [0, 0.1) is 0 Å². The molecule has 6 N–H and O–H groups in total. The minimum absolute atomic E-state index is 0.183. The van der Waals surface area contributed by atoms with Gasteiger partial charge < -0.3 is 30.9 Å². The van der Waals surface area contributed by atoms with Gasteiger partial charge in [-0.2, -0.15) is 0 Å². The van der Waals surface area contributed by atoms with Gasteiger partial charge in [0.15, 0.2) is 12.2 Å². The zero-order chi connectivity index (χ0) is 18.0. The lowest BCUT2D eigenvalue weighted by Crippen LogP contribution is -2.39. The first-order chi connectivity index (χ1) is 10.7. The molecule has 1 heterocycles. The first kappa shape index (κ1) is 20.4. The van der Waals surface area contributed by atoms with E-state index in [0.717, 1.165) is 5.56 Å². The number of pyridine rings is 1. The van der Waals surface area contributed by atoms with Crippen LogP contribution in [-0.4, -0.2) is 62.6 Å². The lowest BCUT2D eigenvalue weighted by molar-refractivity contribution is -0.165. The second-order valence-electron chi connectivity index (χ2n) is 4.24. The molecule has 1 rings (SSSR count). The average molecular weight is 330 g/mol. The van der Waals surface area contributed by atoms with Crippen LogP contribution in [0.1, 0.15) is 18.0 Å². The molecule has 0 spiro atoms. The molecule has 0 aliphatic rings. The van der Waals surface area contributed by atoms with E-state index in [2.05, 4.69) is 9.72 Å². The number of carbonyl (C=O) groups is 3. The second-order valence-corrected chi connectivity index (χ2v) is 4.24. The van der Waals surface area contributed by atoms with Gasteiger partial charge in [0.05, 0.1) is 13.5 Å². The number of hydrogen-bond acceptors (Lipinski definition) is 8. The number of aliphatic carboxylic acids is 2. The molecule has 0 saturated heterocycles. The molecule has 0 radical (unpaired) electrons. The van der Waals surface area contributed by atoms with E-state index < -0.39 is 24.1 Å². The van der Waals surface area contributed by atoms with Crippen molar-refractivity contribution in [1.82, 2.24) is 4.98 Å². The Morgan fingerprint density at radius 3 is 2.09 bits per heavy atom. The molecular weight excluding hydrogens is 312 g/mol. The van der Waals surface area contributed by atoms with E-state index in [0.29, 0.717) is 0 Å². The van der Waals surface area contributed by atoms with Crippen molar-refractivity contribution >= 4 is 17.9 Å². The zero-order valence-corrected chi connectivity index (χ0v) is 12.2. The molecule has 0 fully saturated rings. The highest BCUT2D eigenvalue weighted by atomic mass is 16.5. The van der Waals surface area contributed by atoms with Crippen molar-refractivity contribution in [2.75, 3.05) is 7.11 Å². The Morgan fingerprint density at radius 2 is 1.74 bits per heavy atom. The molecule has 0 saturated carbocycles. The minimum Gasteiger partial charge on any atom is -0.479 e. The number of methoxy groups -OCH3 is 1. The lowest BCUT2D eigenvalue weighted by atomic mass is 10.1. The van der Waals surface area contributed by atoms with Crippen LogP contribution in [0.15, 0.2) is 24.5 Å².